The molecule has 1 aliphatic heterocycles. The van der Waals surface area contributed by atoms with Gasteiger partial charge in [0.1, 0.15) is 6.04 Å². The van der Waals surface area contributed by atoms with Crippen LogP contribution in [0.5, 0.6) is 0 Å². The monoisotopic (exact) mass is 251 g/mol. The Labute approximate surface area is 94.8 Å². The van der Waals surface area contributed by atoms with E-state index in [-0.39, 0.29) is 24.0 Å². The van der Waals surface area contributed by atoms with E-state index in [4.69, 9.17) is 10.6 Å². The van der Waals surface area contributed by atoms with Crippen LogP contribution >= 0.6 is 0 Å². The molecule has 1 fully saturated rings. The fourth-order valence-corrected chi connectivity index (χ4v) is 2.87. The number of nitrogens with zero attached hydrogens (tertiary/aromatic N) is 1. The van der Waals surface area contributed by atoms with E-state index in [1.807, 2.05) is 0 Å². The van der Waals surface area contributed by atoms with Gasteiger partial charge in [-0.3, -0.25) is 15.1 Å². The molecule has 1 heterocycles. The third-order valence-corrected chi connectivity index (χ3v) is 4.20. The van der Waals surface area contributed by atoms with Crippen molar-refractivity contribution >= 4 is 15.7 Å². The molecule has 0 aliphatic carbocycles. The molecule has 16 heavy (non-hydrogen) atoms. The highest BCUT2D eigenvalue weighted by Gasteiger charge is 2.30. The average molecular weight is 251 g/mol. The predicted octanol–water partition coefficient (Wildman–Crippen LogP) is -2.28. The van der Waals surface area contributed by atoms with Gasteiger partial charge in [0.05, 0.1) is 18.1 Å². The fourth-order valence-electron chi connectivity index (χ4n) is 1.64. The van der Waals surface area contributed by atoms with Crippen LogP contribution < -0.4 is 11.3 Å². The van der Waals surface area contributed by atoms with E-state index >= 15 is 0 Å². The van der Waals surface area contributed by atoms with E-state index in [0.29, 0.717) is 13.1 Å². The van der Waals surface area contributed by atoms with Crippen molar-refractivity contribution in [2.24, 2.45) is 5.84 Å². The van der Waals surface area contributed by atoms with Gasteiger partial charge < -0.3 is 4.74 Å². The third-order valence-electron chi connectivity index (χ3n) is 2.59. The van der Waals surface area contributed by atoms with Gasteiger partial charge in [0.25, 0.3) is 5.91 Å². The highest BCUT2D eigenvalue weighted by Crippen LogP contribution is 2.08. The van der Waals surface area contributed by atoms with Crippen LogP contribution in [0, 0.1) is 0 Å². The minimum Gasteiger partial charge on any atom is -0.383 e. The van der Waals surface area contributed by atoms with Gasteiger partial charge in [-0.2, -0.15) is 0 Å². The summed E-state index contributed by atoms with van der Waals surface area (Å²) in [5.74, 6) is 4.85. The van der Waals surface area contributed by atoms with Crippen LogP contribution in [0.2, 0.25) is 0 Å². The summed E-state index contributed by atoms with van der Waals surface area (Å²) in [6.45, 7) is 0.872. The van der Waals surface area contributed by atoms with Gasteiger partial charge in [0.15, 0.2) is 9.84 Å². The summed E-state index contributed by atoms with van der Waals surface area (Å²) < 4.78 is 27.4. The smallest absolute Gasteiger partial charge is 0.253 e. The maximum atomic E-state index is 11.5. The minimum atomic E-state index is -2.94. The summed E-state index contributed by atoms with van der Waals surface area (Å²) in [5, 5.41) is 0. The van der Waals surface area contributed by atoms with Gasteiger partial charge in [0.2, 0.25) is 0 Å². The molecule has 0 aromatic heterocycles. The molecular formula is C8H17N3O4S. The van der Waals surface area contributed by atoms with Crippen LogP contribution in [0.3, 0.4) is 0 Å². The molecule has 0 radical (unpaired) electrons. The first-order chi connectivity index (χ1) is 7.50. The Morgan fingerprint density at radius 3 is 2.50 bits per heavy atom. The van der Waals surface area contributed by atoms with Crippen molar-refractivity contribution in [3.63, 3.8) is 0 Å². The number of methoxy groups -OCH3 is 1. The number of nitrogens with two attached hydrogens (primary N) is 1. The molecule has 8 heteroatoms. The molecule has 1 atom stereocenters. The molecule has 7 nitrogen and oxygen atoms in total. The Hall–Kier alpha value is -0.700. The van der Waals surface area contributed by atoms with Crippen LogP contribution in [0.15, 0.2) is 0 Å². The first-order valence-electron chi connectivity index (χ1n) is 4.94. The summed E-state index contributed by atoms with van der Waals surface area (Å²) in [5.41, 5.74) is 2.06. The third kappa shape index (κ3) is 3.41. The van der Waals surface area contributed by atoms with Crippen LogP contribution in [0.25, 0.3) is 0 Å². The van der Waals surface area contributed by atoms with Gasteiger partial charge >= 0.3 is 0 Å². The Balaban J connectivity index is 2.63. The van der Waals surface area contributed by atoms with Crippen molar-refractivity contribution in [1.29, 1.82) is 0 Å². The molecule has 1 rings (SSSR count). The average Bonchev–Trinajstić information content (AvgIpc) is 2.25. The van der Waals surface area contributed by atoms with Crippen LogP contribution in [0.1, 0.15) is 0 Å². The normalized spacial score (nSPS) is 22.6. The van der Waals surface area contributed by atoms with Crippen molar-refractivity contribution < 1.29 is 17.9 Å². The summed E-state index contributed by atoms with van der Waals surface area (Å²) >= 11 is 0. The summed E-state index contributed by atoms with van der Waals surface area (Å²) in [6.07, 6.45) is 0. The molecular weight excluding hydrogens is 234 g/mol. The number of sulfone groups is 1. The Morgan fingerprint density at radius 1 is 1.50 bits per heavy atom. The second-order valence-electron chi connectivity index (χ2n) is 3.67. The molecule has 0 aromatic carbocycles. The van der Waals surface area contributed by atoms with Crippen molar-refractivity contribution in [2.45, 2.75) is 6.04 Å². The van der Waals surface area contributed by atoms with E-state index in [1.165, 1.54) is 7.11 Å². The van der Waals surface area contributed by atoms with E-state index in [2.05, 4.69) is 5.43 Å². The molecule has 1 unspecified atom stereocenters. The Morgan fingerprint density at radius 2 is 2.06 bits per heavy atom. The SMILES string of the molecule is COCC(C(=O)NN)N1CCS(=O)(=O)CC1. The first-order valence-corrected chi connectivity index (χ1v) is 6.76. The maximum Gasteiger partial charge on any atom is 0.253 e. The number of rotatable bonds is 4. The van der Waals surface area contributed by atoms with Crippen LogP contribution in [-0.4, -0.2) is 63.6 Å². The molecule has 1 aliphatic rings. The molecule has 94 valence electrons. The van der Waals surface area contributed by atoms with Crippen molar-refractivity contribution in [1.82, 2.24) is 10.3 Å². The number of amides is 1. The standard InChI is InChI=1S/C8H17N3O4S/c1-15-6-7(8(12)10-9)11-2-4-16(13,14)5-3-11/h7H,2-6,9H2,1H3,(H,10,12). The number of hydrazine groups is 1. The summed E-state index contributed by atoms with van der Waals surface area (Å²) in [7, 11) is -1.46. The van der Waals surface area contributed by atoms with E-state index in [1.54, 1.807) is 4.90 Å². The minimum absolute atomic E-state index is 0.0745. The predicted molar refractivity (Wildman–Crippen MR) is 58.2 cm³/mol. The molecule has 0 bridgehead atoms. The van der Waals surface area contributed by atoms with E-state index < -0.39 is 15.9 Å². The van der Waals surface area contributed by atoms with Gasteiger partial charge in [-0.25, -0.2) is 14.3 Å². The zero-order chi connectivity index (χ0) is 12.2. The lowest BCUT2D eigenvalue weighted by Gasteiger charge is -2.32. The Kier molecular flexibility index (Phi) is 4.66. The highest BCUT2D eigenvalue weighted by atomic mass is 32.2. The van der Waals surface area contributed by atoms with Gasteiger partial charge in [-0.15, -0.1) is 0 Å². The molecule has 0 saturated carbocycles. The number of ether oxygens (including phenoxy) is 1. The summed E-state index contributed by atoms with van der Waals surface area (Å²) in [4.78, 5) is 13.2. The van der Waals surface area contributed by atoms with E-state index in [9.17, 15) is 13.2 Å². The lowest BCUT2D eigenvalue weighted by Crippen LogP contribution is -2.55. The Bertz CT molecular complexity index is 329. The van der Waals surface area contributed by atoms with E-state index in [0.717, 1.165) is 0 Å². The van der Waals surface area contributed by atoms with Gasteiger partial charge in [0, 0.05) is 20.2 Å². The topological polar surface area (TPSA) is 102 Å². The van der Waals surface area contributed by atoms with Gasteiger partial charge in [-0.05, 0) is 0 Å². The number of hydrogen-bond donors (Lipinski definition) is 2. The molecule has 0 spiro atoms. The highest BCUT2D eigenvalue weighted by molar-refractivity contribution is 7.91. The maximum absolute atomic E-state index is 11.5. The number of carbonyl (C=O) groups is 1. The zero-order valence-corrected chi connectivity index (χ0v) is 10.00. The van der Waals surface area contributed by atoms with Crippen LogP contribution in [-0.2, 0) is 19.4 Å². The first kappa shape index (κ1) is 13.4. The fraction of sp³-hybridized carbons (Fsp3) is 0.875. The molecule has 1 amide bonds. The van der Waals surface area contributed by atoms with Crippen molar-refractivity contribution in [3.05, 3.63) is 0 Å². The van der Waals surface area contributed by atoms with Gasteiger partial charge in [-0.1, -0.05) is 0 Å². The number of hydrogen-bond acceptors (Lipinski definition) is 6. The number of nitrogens with one attached hydrogen (secondary N) is 1. The lowest BCUT2D eigenvalue weighted by molar-refractivity contribution is -0.128. The molecule has 3 N–H and O–H groups in total. The van der Waals surface area contributed by atoms with Crippen LogP contribution in [0.4, 0.5) is 0 Å². The van der Waals surface area contributed by atoms with Crippen molar-refractivity contribution in [3.8, 4) is 0 Å². The molecule has 1 saturated heterocycles. The molecule has 0 aromatic rings. The number of carbonyl (C=O) groups excluding carboxylic acids is 1. The van der Waals surface area contributed by atoms with Crippen molar-refractivity contribution in [2.75, 3.05) is 38.3 Å². The zero-order valence-electron chi connectivity index (χ0n) is 9.18. The second-order valence-corrected chi connectivity index (χ2v) is 5.97. The second kappa shape index (κ2) is 5.58. The quantitative estimate of drug-likeness (QED) is 0.332. The largest absolute Gasteiger partial charge is 0.383 e. The summed E-state index contributed by atoms with van der Waals surface area (Å²) in [6, 6.07) is -0.523. The lowest BCUT2D eigenvalue weighted by atomic mass is 10.2.